The van der Waals surface area contributed by atoms with Gasteiger partial charge in [-0.3, -0.25) is 4.79 Å². The molecule has 2 aromatic rings. The molecule has 160 valence electrons. The molecule has 7 heteroatoms. The molecule has 2 aliphatic rings. The molecule has 1 aliphatic heterocycles. The van der Waals surface area contributed by atoms with Crippen molar-refractivity contribution in [2.75, 3.05) is 24.2 Å². The predicted octanol–water partition coefficient (Wildman–Crippen LogP) is 4.39. The van der Waals surface area contributed by atoms with Crippen LogP contribution in [0, 0.1) is 6.92 Å². The number of piperidine rings is 1. The molecular formula is C23H28N2O3S2. The lowest BCUT2D eigenvalue weighted by Gasteiger charge is -2.26. The topological polar surface area (TPSA) is 66.5 Å². The molecule has 4 rings (SSSR count). The monoisotopic (exact) mass is 444 g/mol. The first-order chi connectivity index (χ1) is 14.4. The highest BCUT2D eigenvalue weighted by molar-refractivity contribution is 8.00. The van der Waals surface area contributed by atoms with Crippen LogP contribution in [0.25, 0.3) is 0 Å². The molecule has 0 unspecified atom stereocenters. The molecule has 1 fully saturated rings. The van der Waals surface area contributed by atoms with E-state index in [1.807, 2.05) is 6.92 Å². The molecule has 1 aliphatic carbocycles. The Morgan fingerprint density at radius 2 is 1.77 bits per heavy atom. The second-order valence-electron chi connectivity index (χ2n) is 8.06. The lowest BCUT2D eigenvalue weighted by atomic mass is 10.1. The second kappa shape index (κ2) is 9.12. The largest absolute Gasteiger partial charge is 0.325 e. The van der Waals surface area contributed by atoms with E-state index in [4.69, 9.17) is 0 Å². The van der Waals surface area contributed by atoms with Crippen LogP contribution >= 0.6 is 11.8 Å². The lowest BCUT2D eigenvalue weighted by molar-refractivity contribution is -0.113. The molecule has 1 amide bonds. The number of thioether (sulfide) groups is 1. The molecule has 0 radical (unpaired) electrons. The van der Waals surface area contributed by atoms with Gasteiger partial charge in [0.2, 0.25) is 15.9 Å². The third-order valence-electron chi connectivity index (χ3n) is 5.88. The van der Waals surface area contributed by atoms with Crippen LogP contribution in [0.2, 0.25) is 0 Å². The van der Waals surface area contributed by atoms with Crippen LogP contribution in [-0.4, -0.2) is 37.5 Å². The van der Waals surface area contributed by atoms with Crippen molar-refractivity contribution < 1.29 is 13.2 Å². The minimum atomic E-state index is -3.52. The van der Waals surface area contributed by atoms with Gasteiger partial charge in [-0.05, 0) is 80.0 Å². The number of fused-ring (bicyclic) bond motifs is 1. The average molecular weight is 445 g/mol. The number of hydrogen-bond donors (Lipinski definition) is 1. The van der Waals surface area contributed by atoms with Crippen molar-refractivity contribution in [3.63, 3.8) is 0 Å². The number of anilines is 1. The molecule has 1 saturated heterocycles. The molecule has 2 aromatic carbocycles. The summed E-state index contributed by atoms with van der Waals surface area (Å²) in [5, 5.41) is 2.91. The van der Waals surface area contributed by atoms with Crippen LogP contribution in [0.4, 0.5) is 5.69 Å². The van der Waals surface area contributed by atoms with Gasteiger partial charge in [0.15, 0.2) is 0 Å². The summed E-state index contributed by atoms with van der Waals surface area (Å²) in [6, 6.07) is 11.4. The van der Waals surface area contributed by atoms with E-state index < -0.39 is 10.0 Å². The first-order valence-corrected chi connectivity index (χ1v) is 13.0. The SMILES string of the molecule is Cc1ccc(S(=O)(=O)N2CCCCC2)cc1NC(=O)CSc1ccc2c(c1)CCC2. The summed E-state index contributed by atoms with van der Waals surface area (Å²) < 4.78 is 27.5. The maximum atomic E-state index is 12.9. The first kappa shape index (κ1) is 21.4. The Bertz CT molecular complexity index is 1040. The summed E-state index contributed by atoms with van der Waals surface area (Å²) in [5.74, 6) is 0.164. The molecule has 1 N–H and O–H groups in total. The van der Waals surface area contributed by atoms with E-state index in [9.17, 15) is 13.2 Å². The van der Waals surface area contributed by atoms with Crippen LogP contribution in [0.1, 0.15) is 42.4 Å². The van der Waals surface area contributed by atoms with Crippen LogP contribution in [-0.2, 0) is 27.7 Å². The van der Waals surface area contributed by atoms with Crippen LogP contribution in [0.15, 0.2) is 46.2 Å². The van der Waals surface area contributed by atoms with Gasteiger partial charge in [-0.2, -0.15) is 4.31 Å². The van der Waals surface area contributed by atoms with E-state index >= 15 is 0 Å². The maximum absolute atomic E-state index is 12.9. The van der Waals surface area contributed by atoms with Crippen molar-refractivity contribution >= 4 is 33.4 Å². The first-order valence-electron chi connectivity index (χ1n) is 10.6. The highest BCUT2D eigenvalue weighted by atomic mass is 32.2. The number of rotatable bonds is 6. The van der Waals surface area contributed by atoms with Gasteiger partial charge in [-0.15, -0.1) is 11.8 Å². The van der Waals surface area contributed by atoms with Gasteiger partial charge in [0, 0.05) is 23.7 Å². The second-order valence-corrected chi connectivity index (χ2v) is 11.0. The fourth-order valence-electron chi connectivity index (χ4n) is 4.12. The number of aryl methyl sites for hydroxylation is 3. The number of carbonyl (C=O) groups is 1. The average Bonchev–Trinajstić information content (AvgIpc) is 3.22. The fraction of sp³-hybridized carbons (Fsp3) is 0.435. The molecule has 5 nitrogen and oxygen atoms in total. The minimum Gasteiger partial charge on any atom is -0.325 e. The van der Waals surface area contributed by atoms with E-state index in [0.717, 1.165) is 42.6 Å². The van der Waals surface area contributed by atoms with Crippen LogP contribution in [0.3, 0.4) is 0 Å². The fourth-order valence-corrected chi connectivity index (χ4v) is 6.43. The molecule has 0 aromatic heterocycles. The molecule has 0 bridgehead atoms. The van der Waals surface area contributed by atoms with E-state index in [1.165, 1.54) is 29.3 Å². The summed E-state index contributed by atoms with van der Waals surface area (Å²) >= 11 is 1.51. The normalized spacial score (nSPS) is 17.0. The standard InChI is InChI=1S/C23H28N2O3S2/c1-17-8-11-21(30(27,28)25-12-3-2-4-13-25)15-22(17)24-23(26)16-29-20-10-9-18-6-5-7-19(18)14-20/h8-11,14-15H,2-7,12-13,16H2,1H3,(H,24,26). The smallest absolute Gasteiger partial charge is 0.243 e. The number of nitrogens with zero attached hydrogens (tertiary/aromatic N) is 1. The number of benzene rings is 2. The quantitative estimate of drug-likeness (QED) is 0.671. The highest BCUT2D eigenvalue weighted by Crippen LogP contribution is 2.28. The van der Waals surface area contributed by atoms with Gasteiger partial charge in [-0.25, -0.2) is 8.42 Å². The Morgan fingerprint density at radius 1 is 1.00 bits per heavy atom. The van der Waals surface area contributed by atoms with Gasteiger partial charge in [-0.1, -0.05) is 18.6 Å². The van der Waals surface area contributed by atoms with Gasteiger partial charge in [0.05, 0.1) is 10.6 Å². The summed E-state index contributed by atoms with van der Waals surface area (Å²) in [5.41, 5.74) is 4.23. The number of carbonyl (C=O) groups excluding carboxylic acids is 1. The van der Waals surface area contributed by atoms with Crippen molar-refractivity contribution in [2.45, 2.75) is 55.2 Å². The molecule has 0 saturated carbocycles. The van der Waals surface area contributed by atoms with Crippen molar-refractivity contribution in [3.05, 3.63) is 53.1 Å². The molecule has 1 heterocycles. The van der Waals surface area contributed by atoms with Crippen molar-refractivity contribution in [1.29, 1.82) is 0 Å². The van der Waals surface area contributed by atoms with E-state index in [2.05, 4.69) is 23.5 Å². The Morgan fingerprint density at radius 3 is 2.57 bits per heavy atom. The van der Waals surface area contributed by atoms with Crippen molar-refractivity contribution in [3.8, 4) is 0 Å². The summed E-state index contributed by atoms with van der Waals surface area (Å²) in [7, 11) is -3.52. The molecule has 0 spiro atoms. The third kappa shape index (κ3) is 4.74. The predicted molar refractivity (Wildman–Crippen MR) is 122 cm³/mol. The van der Waals surface area contributed by atoms with Gasteiger partial charge < -0.3 is 5.32 Å². The van der Waals surface area contributed by atoms with Gasteiger partial charge in [0.25, 0.3) is 0 Å². The number of amides is 1. The zero-order chi connectivity index (χ0) is 21.1. The summed E-state index contributed by atoms with van der Waals surface area (Å²) in [4.78, 5) is 13.9. The Hall–Kier alpha value is -1.83. The Balaban J connectivity index is 1.42. The molecule has 0 atom stereocenters. The van der Waals surface area contributed by atoms with E-state index in [-0.39, 0.29) is 10.8 Å². The number of hydrogen-bond acceptors (Lipinski definition) is 4. The van der Waals surface area contributed by atoms with Gasteiger partial charge in [0.1, 0.15) is 0 Å². The summed E-state index contributed by atoms with van der Waals surface area (Å²) in [6.45, 7) is 3.01. The summed E-state index contributed by atoms with van der Waals surface area (Å²) in [6.07, 6.45) is 6.34. The maximum Gasteiger partial charge on any atom is 0.243 e. The molecular weight excluding hydrogens is 416 g/mol. The molecule has 30 heavy (non-hydrogen) atoms. The van der Waals surface area contributed by atoms with E-state index in [0.29, 0.717) is 24.5 Å². The third-order valence-corrected chi connectivity index (χ3v) is 8.76. The lowest BCUT2D eigenvalue weighted by Crippen LogP contribution is -2.35. The van der Waals surface area contributed by atoms with Crippen LogP contribution in [0.5, 0.6) is 0 Å². The van der Waals surface area contributed by atoms with E-state index in [1.54, 1.807) is 22.5 Å². The van der Waals surface area contributed by atoms with Crippen molar-refractivity contribution in [2.24, 2.45) is 0 Å². The Labute approximate surface area is 183 Å². The zero-order valence-electron chi connectivity index (χ0n) is 17.3. The highest BCUT2D eigenvalue weighted by Gasteiger charge is 2.26. The van der Waals surface area contributed by atoms with Crippen LogP contribution < -0.4 is 5.32 Å². The minimum absolute atomic E-state index is 0.129. The zero-order valence-corrected chi connectivity index (χ0v) is 18.9. The number of sulfonamides is 1. The van der Waals surface area contributed by atoms with Crippen molar-refractivity contribution in [1.82, 2.24) is 4.31 Å². The number of nitrogens with one attached hydrogen (secondary N) is 1. The Kier molecular flexibility index (Phi) is 6.51. The van der Waals surface area contributed by atoms with Gasteiger partial charge >= 0.3 is 0 Å².